The van der Waals surface area contributed by atoms with Gasteiger partial charge >= 0.3 is 0 Å². The molecular weight excluding hydrogens is 408 g/mol. The molecule has 2 fully saturated rings. The first-order valence-electron chi connectivity index (χ1n) is 10.0. The third-order valence-electron chi connectivity index (χ3n) is 5.23. The van der Waals surface area contributed by atoms with Crippen molar-refractivity contribution >= 4 is 17.4 Å². The van der Waals surface area contributed by atoms with Gasteiger partial charge in [-0.1, -0.05) is 23.7 Å². The molecule has 2 aromatic carbocycles. The summed E-state index contributed by atoms with van der Waals surface area (Å²) in [5, 5.41) is 11.1. The SMILES string of the molecule is CCOc1ccc(Cc2cc(C(=O)C3OC4OC(C)(C)OC4C3O)ccc2Cl)cc1. The van der Waals surface area contributed by atoms with Crippen molar-refractivity contribution in [2.75, 3.05) is 6.61 Å². The number of fused-ring (bicyclic) bond motifs is 1. The number of hydrogen-bond donors (Lipinski definition) is 1. The highest BCUT2D eigenvalue weighted by atomic mass is 35.5. The molecule has 2 aliphatic heterocycles. The first-order chi connectivity index (χ1) is 14.3. The first-order valence-corrected chi connectivity index (χ1v) is 10.4. The lowest BCUT2D eigenvalue weighted by Crippen LogP contribution is -2.38. The molecule has 30 heavy (non-hydrogen) atoms. The fraction of sp³-hybridized carbons (Fsp3) is 0.435. The van der Waals surface area contributed by atoms with Crippen LogP contribution in [0.4, 0.5) is 0 Å². The molecule has 4 rings (SSSR count). The zero-order valence-electron chi connectivity index (χ0n) is 17.1. The molecular formula is C23H25ClO6. The minimum Gasteiger partial charge on any atom is -0.494 e. The Morgan fingerprint density at radius 1 is 1.17 bits per heavy atom. The van der Waals surface area contributed by atoms with Gasteiger partial charge in [0.15, 0.2) is 24.0 Å². The van der Waals surface area contributed by atoms with Crippen LogP contribution in [-0.2, 0) is 20.6 Å². The van der Waals surface area contributed by atoms with E-state index in [4.69, 9.17) is 30.5 Å². The van der Waals surface area contributed by atoms with Crippen LogP contribution >= 0.6 is 11.6 Å². The van der Waals surface area contributed by atoms with Crippen molar-refractivity contribution in [1.29, 1.82) is 0 Å². The molecule has 160 valence electrons. The molecule has 2 heterocycles. The van der Waals surface area contributed by atoms with E-state index in [0.29, 0.717) is 23.6 Å². The van der Waals surface area contributed by atoms with E-state index in [2.05, 4.69) is 0 Å². The van der Waals surface area contributed by atoms with Gasteiger partial charge in [-0.05, 0) is 68.7 Å². The molecule has 0 spiro atoms. The summed E-state index contributed by atoms with van der Waals surface area (Å²) in [7, 11) is 0. The highest BCUT2D eigenvalue weighted by Gasteiger charge is 2.56. The maximum absolute atomic E-state index is 13.0. The van der Waals surface area contributed by atoms with E-state index in [1.807, 2.05) is 31.2 Å². The van der Waals surface area contributed by atoms with Gasteiger partial charge < -0.3 is 24.1 Å². The van der Waals surface area contributed by atoms with E-state index in [0.717, 1.165) is 16.9 Å². The fourth-order valence-corrected chi connectivity index (χ4v) is 4.01. The van der Waals surface area contributed by atoms with Crippen molar-refractivity contribution in [2.45, 2.75) is 57.6 Å². The zero-order valence-corrected chi connectivity index (χ0v) is 17.9. The van der Waals surface area contributed by atoms with Crippen LogP contribution in [0.3, 0.4) is 0 Å². The average Bonchev–Trinajstić information content (AvgIpc) is 3.17. The molecule has 7 heteroatoms. The summed E-state index contributed by atoms with van der Waals surface area (Å²) in [5.41, 5.74) is 2.28. The Labute approximate surface area is 180 Å². The molecule has 0 amide bonds. The Morgan fingerprint density at radius 3 is 2.57 bits per heavy atom. The number of Topliss-reactive ketones (excluding diaryl/α,β-unsaturated/α-hetero) is 1. The van der Waals surface area contributed by atoms with E-state index in [1.165, 1.54) is 0 Å². The number of halogens is 1. The standard InChI is InChI=1S/C23H25ClO6/c1-4-27-16-8-5-13(6-9-16)11-15-12-14(7-10-17(15)24)18(25)20-19(26)21-22(28-20)30-23(2,3)29-21/h5-10,12,19-22,26H,4,11H2,1-3H3. The summed E-state index contributed by atoms with van der Waals surface area (Å²) in [5.74, 6) is -0.372. The zero-order chi connectivity index (χ0) is 21.5. The second-order valence-corrected chi connectivity index (χ2v) is 8.35. The number of ketones is 1. The maximum atomic E-state index is 13.0. The number of hydrogen-bond acceptors (Lipinski definition) is 6. The molecule has 0 aromatic heterocycles. The van der Waals surface area contributed by atoms with Gasteiger partial charge in [-0.2, -0.15) is 0 Å². The van der Waals surface area contributed by atoms with E-state index in [-0.39, 0.29) is 5.78 Å². The van der Waals surface area contributed by atoms with Gasteiger partial charge in [-0.15, -0.1) is 0 Å². The molecule has 0 bridgehead atoms. The topological polar surface area (TPSA) is 74.2 Å². The molecule has 4 unspecified atom stereocenters. The van der Waals surface area contributed by atoms with Crippen LogP contribution in [0.2, 0.25) is 5.02 Å². The van der Waals surface area contributed by atoms with Gasteiger partial charge in [0.25, 0.3) is 0 Å². The highest BCUT2D eigenvalue weighted by molar-refractivity contribution is 6.31. The van der Waals surface area contributed by atoms with Gasteiger partial charge in [0.05, 0.1) is 6.61 Å². The molecule has 0 radical (unpaired) electrons. The lowest BCUT2D eigenvalue weighted by atomic mass is 9.97. The molecule has 0 aliphatic carbocycles. The molecule has 2 aliphatic rings. The summed E-state index contributed by atoms with van der Waals surface area (Å²) >= 11 is 6.37. The Kier molecular flexibility index (Phi) is 5.88. The number of benzene rings is 2. The second-order valence-electron chi connectivity index (χ2n) is 7.94. The Bertz CT molecular complexity index is 926. The minimum atomic E-state index is -1.10. The number of rotatable bonds is 6. The quantitative estimate of drug-likeness (QED) is 0.701. The second kappa shape index (κ2) is 8.29. The van der Waals surface area contributed by atoms with E-state index >= 15 is 0 Å². The van der Waals surface area contributed by atoms with Crippen molar-refractivity contribution < 1.29 is 28.8 Å². The highest BCUT2D eigenvalue weighted by Crippen LogP contribution is 2.38. The van der Waals surface area contributed by atoms with Crippen LogP contribution in [0.25, 0.3) is 0 Å². The molecule has 2 saturated heterocycles. The van der Waals surface area contributed by atoms with E-state index in [9.17, 15) is 9.90 Å². The van der Waals surface area contributed by atoms with Gasteiger partial charge in [-0.3, -0.25) is 4.79 Å². The fourth-order valence-electron chi connectivity index (χ4n) is 3.83. The van der Waals surface area contributed by atoms with Crippen LogP contribution in [0.5, 0.6) is 5.75 Å². The first kappa shape index (κ1) is 21.3. The van der Waals surface area contributed by atoms with Crippen LogP contribution in [0.15, 0.2) is 42.5 Å². The lowest BCUT2D eigenvalue weighted by molar-refractivity contribution is -0.208. The molecule has 1 N–H and O–H groups in total. The van der Waals surface area contributed by atoms with E-state index in [1.54, 1.807) is 32.0 Å². The van der Waals surface area contributed by atoms with Crippen molar-refractivity contribution in [3.05, 3.63) is 64.2 Å². The predicted octanol–water partition coefficient (Wildman–Crippen LogP) is 3.75. The van der Waals surface area contributed by atoms with Crippen molar-refractivity contribution in [2.24, 2.45) is 0 Å². The number of aliphatic hydroxyl groups excluding tert-OH is 1. The summed E-state index contributed by atoms with van der Waals surface area (Å²) < 4.78 is 22.4. The largest absolute Gasteiger partial charge is 0.494 e. The number of ether oxygens (including phenoxy) is 4. The predicted molar refractivity (Wildman–Crippen MR) is 111 cm³/mol. The van der Waals surface area contributed by atoms with E-state index < -0.39 is 30.4 Å². The van der Waals surface area contributed by atoms with Crippen molar-refractivity contribution in [3.63, 3.8) is 0 Å². The van der Waals surface area contributed by atoms with Gasteiger partial charge in [0.2, 0.25) is 0 Å². The van der Waals surface area contributed by atoms with Gasteiger partial charge in [-0.25, -0.2) is 0 Å². The van der Waals surface area contributed by atoms with Crippen LogP contribution < -0.4 is 4.74 Å². The van der Waals surface area contributed by atoms with Crippen molar-refractivity contribution in [3.8, 4) is 5.75 Å². The van der Waals surface area contributed by atoms with Crippen LogP contribution in [-0.4, -0.2) is 47.9 Å². The van der Waals surface area contributed by atoms with Gasteiger partial charge in [0, 0.05) is 10.6 Å². The van der Waals surface area contributed by atoms with Crippen LogP contribution in [0, 0.1) is 0 Å². The average molecular weight is 433 g/mol. The monoisotopic (exact) mass is 432 g/mol. The molecule has 0 saturated carbocycles. The third-order valence-corrected chi connectivity index (χ3v) is 5.60. The maximum Gasteiger partial charge on any atom is 0.194 e. The summed E-state index contributed by atoms with van der Waals surface area (Å²) in [6.07, 6.45) is -3.04. The third kappa shape index (κ3) is 4.24. The molecule has 2 aromatic rings. The van der Waals surface area contributed by atoms with Crippen molar-refractivity contribution in [1.82, 2.24) is 0 Å². The normalized spacial score (nSPS) is 27.1. The molecule has 6 nitrogen and oxygen atoms in total. The lowest BCUT2D eigenvalue weighted by Gasteiger charge is -2.22. The summed E-state index contributed by atoms with van der Waals surface area (Å²) in [6.45, 7) is 6.03. The minimum absolute atomic E-state index is 0.327. The number of carbonyl (C=O) groups is 1. The van der Waals surface area contributed by atoms with Gasteiger partial charge in [0.1, 0.15) is 18.0 Å². The summed E-state index contributed by atoms with van der Waals surface area (Å²) in [6, 6.07) is 12.8. The number of aliphatic hydroxyl groups is 1. The Hall–Kier alpha value is -1.96. The Balaban J connectivity index is 1.50. The van der Waals surface area contributed by atoms with Crippen LogP contribution in [0.1, 0.15) is 42.3 Å². The molecule has 4 atom stereocenters. The number of carbonyl (C=O) groups excluding carboxylic acids is 1. The Morgan fingerprint density at radius 2 is 1.90 bits per heavy atom. The smallest absolute Gasteiger partial charge is 0.194 e. The summed E-state index contributed by atoms with van der Waals surface area (Å²) in [4.78, 5) is 13.0.